The van der Waals surface area contributed by atoms with Gasteiger partial charge in [0.2, 0.25) is 5.89 Å². The van der Waals surface area contributed by atoms with Crippen LogP contribution in [-0.2, 0) is 11.3 Å². The van der Waals surface area contributed by atoms with E-state index in [1.165, 1.54) is 0 Å². The molecule has 6 nitrogen and oxygen atoms in total. The van der Waals surface area contributed by atoms with Gasteiger partial charge in [0.25, 0.3) is 0 Å². The van der Waals surface area contributed by atoms with E-state index in [0.29, 0.717) is 30.6 Å². The molecule has 2 heterocycles. The molecule has 0 aromatic carbocycles. The van der Waals surface area contributed by atoms with E-state index >= 15 is 0 Å². The largest absolute Gasteiger partial charge is 0.461 e. The molecule has 0 amide bonds. The molecule has 0 aliphatic heterocycles. The van der Waals surface area contributed by atoms with E-state index in [2.05, 4.69) is 10.1 Å². The molecule has 0 bridgehead atoms. The summed E-state index contributed by atoms with van der Waals surface area (Å²) in [4.78, 5) is 16.0. The van der Waals surface area contributed by atoms with Gasteiger partial charge >= 0.3 is 5.97 Å². The van der Waals surface area contributed by atoms with Crippen LogP contribution >= 0.6 is 0 Å². The molecule has 0 saturated heterocycles. The van der Waals surface area contributed by atoms with Crippen molar-refractivity contribution in [2.75, 3.05) is 6.61 Å². The van der Waals surface area contributed by atoms with Gasteiger partial charge in [-0.3, -0.25) is 0 Å². The van der Waals surface area contributed by atoms with Crippen molar-refractivity contribution in [1.29, 1.82) is 0 Å². The van der Waals surface area contributed by atoms with Crippen LogP contribution in [0.2, 0.25) is 0 Å². The minimum Gasteiger partial charge on any atom is -0.461 e. The van der Waals surface area contributed by atoms with Crippen molar-refractivity contribution in [1.82, 2.24) is 14.7 Å². The minimum absolute atomic E-state index is 0.190. The first-order valence-electron chi connectivity index (χ1n) is 6.26. The zero-order valence-electron chi connectivity index (χ0n) is 11.3. The molecule has 2 aromatic rings. The highest BCUT2D eigenvalue weighted by Crippen LogP contribution is 2.12. The summed E-state index contributed by atoms with van der Waals surface area (Å²) < 4.78 is 11.9. The van der Waals surface area contributed by atoms with Crippen molar-refractivity contribution in [3.8, 4) is 0 Å². The number of rotatable bonds is 5. The smallest absolute Gasteiger partial charge is 0.354 e. The second-order valence-corrected chi connectivity index (χ2v) is 4.45. The Morgan fingerprint density at radius 1 is 1.53 bits per heavy atom. The molecule has 0 atom stereocenters. The molecule has 0 aliphatic carbocycles. The first-order chi connectivity index (χ1) is 9.11. The van der Waals surface area contributed by atoms with Gasteiger partial charge in [0.05, 0.1) is 13.2 Å². The van der Waals surface area contributed by atoms with E-state index in [4.69, 9.17) is 9.26 Å². The van der Waals surface area contributed by atoms with Crippen molar-refractivity contribution in [2.45, 2.75) is 33.2 Å². The normalized spacial score (nSPS) is 10.9. The van der Waals surface area contributed by atoms with Crippen molar-refractivity contribution < 1.29 is 14.1 Å². The molecule has 2 rings (SSSR count). The van der Waals surface area contributed by atoms with Crippen LogP contribution in [0.15, 0.2) is 22.9 Å². The van der Waals surface area contributed by atoms with Gasteiger partial charge in [0.1, 0.15) is 5.69 Å². The number of carbonyl (C=O) groups excluding carboxylic acids is 1. The molecule has 0 fully saturated rings. The highest BCUT2D eigenvalue weighted by Gasteiger charge is 2.15. The van der Waals surface area contributed by atoms with E-state index in [1.54, 1.807) is 29.8 Å². The third-order valence-corrected chi connectivity index (χ3v) is 2.60. The molecular formula is C13H17N3O3. The molecule has 6 heteroatoms. The summed E-state index contributed by atoms with van der Waals surface area (Å²) in [6.45, 7) is 6.48. The van der Waals surface area contributed by atoms with Crippen LogP contribution in [0, 0.1) is 0 Å². The van der Waals surface area contributed by atoms with Crippen LogP contribution in [0.3, 0.4) is 0 Å². The van der Waals surface area contributed by atoms with E-state index in [9.17, 15) is 4.79 Å². The Morgan fingerprint density at radius 2 is 2.32 bits per heavy atom. The Balaban J connectivity index is 2.14. The molecule has 0 saturated carbocycles. The average Bonchev–Trinajstić information content (AvgIpc) is 2.99. The monoisotopic (exact) mass is 263 g/mol. The second-order valence-electron chi connectivity index (χ2n) is 4.45. The van der Waals surface area contributed by atoms with E-state index < -0.39 is 0 Å². The highest BCUT2D eigenvalue weighted by atomic mass is 16.5. The minimum atomic E-state index is -0.347. The maximum atomic E-state index is 11.7. The number of hydrogen-bond acceptors (Lipinski definition) is 5. The zero-order chi connectivity index (χ0) is 13.8. The molecule has 0 aliphatic rings. The van der Waals surface area contributed by atoms with Gasteiger partial charge in [-0.1, -0.05) is 19.0 Å². The van der Waals surface area contributed by atoms with Gasteiger partial charge in [-0.25, -0.2) is 4.79 Å². The lowest BCUT2D eigenvalue weighted by Crippen LogP contribution is -2.13. The van der Waals surface area contributed by atoms with Gasteiger partial charge in [0, 0.05) is 12.1 Å². The fourth-order valence-electron chi connectivity index (χ4n) is 1.66. The fourth-order valence-corrected chi connectivity index (χ4v) is 1.66. The number of hydrogen-bond donors (Lipinski definition) is 0. The van der Waals surface area contributed by atoms with Gasteiger partial charge in [0.15, 0.2) is 5.82 Å². The topological polar surface area (TPSA) is 70.2 Å². The molecule has 19 heavy (non-hydrogen) atoms. The zero-order valence-corrected chi connectivity index (χ0v) is 11.3. The summed E-state index contributed by atoms with van der Waals surface area (Å²) in [5, 5.41) is 3.90. The van der Waals surface area contributed by atoms with E-state index in [1.807, 2.05) is 13.8 Å². The lowest BCUT2D eigenvalue weighted by Gasteiger charge is -2.05. The second kappa shape index (κ2) is 5.69. The summed E-state index contributed by atoms with van der Waals surface area (Å²) in [5.74, 6) is 0.987. The van der Waals surface area contributed by atoms with Gasteiger partial charge in [-0.2, -0.15) is 4.98 Å². The average molecular weight is 263 g/mol. The maximum absolute atomic E-state index is 11.7. The lowest BCUT2D eigenvalue weighted by molar-refractivity contribution is 0.0514. The van der Waals surface area contributed by atoms with Crippen LogP contribution in [-0.4, -0.2) is 27.3 Å². The molecule has 102 valence electrons. The number of carbonyl (C=O) groups is 1. The SMILES string of the molecule is CCOC(=O)c1cccn1Cc1noc(C(C)C)n1. The Hall–Kier alpha value is -2.11. The molecule has 0 radical (unpaired) electrons. The molecular weight excluding hydrogens is 246 g/mol. The standard InChI is InChI=1S/C13H17N3O3/c1-4-18-13(17)10-6-5-7-16(10)8-11-14-12(9(2)3)19-15-11/h5-7,9H,4,8H2,1-3H3. The van der Waals surface area contributed by atoms with Crippen molar-refractivity contribution in [2.24, 2.45) is 0 Å². The van der Waals surface area contributed by atoms with Crippen LogP contribution in [0.25, 0.3) is 0 Å². The number of esters is 1. The lowest BCUT2D eigenvalue weighted by atomic mass is 10.2. The number of aromatic nitrogens is 3. The van der Waals surface area contributed by atoms with Crippen molar-refractivity contribution in [3.05, 3.63) is 35.7 Å². The first-order valence-corrected chi connectivity index (χ1v) is 6.26. The van der Waals surface area contributed by atoms with Crippen molar-refractivity contribution >= 4 is 5.97 Å². The molecule has 0 N–H and O–H groups in total. The Morgan fingerprint density at radius 3 is 2.95 bits per heavy atom. The Labute approximate surface area is 111 Å². The maximum Gasteiger partial charge on any atom is 0.354 e. The fraction of sp³-hybridized carbons (Fsp3) is 0.462. The quantitative estimate of drug-likeness (QED) is 0.773. The molecule has 0 unspecified atom stereocenters. The van der Waals surface area contributed by atoms with Gasteiger partial charge in [-0.15, -0.1) is 0 Å². The van der Waals surface area contributed by atoms with E-state index in [-0.39, 0.29) is 11.9 Å². The third-order valence-electron chi connectivity index (χ3n) is 2.60. The van der Waals surface area contributed by atoms with Crippen LogP contribution in [0.1, 0.15) is 48.9 Å². The summed E-state index contributed by atoms with van der Waals surface area (Å²) in [5.41, 5.74) is 0.484. The highest BCUT2D eigenvalue weighted by molar-refractivity contribution is 5.87. The number of nitrogens with zero attached hydrogens (tertiary/aromatic N) is 3. The Kier molecular flexibility index (Phi) is 3.99. The van der Waals surface area contributed by atoms with Crippen molar-refractivity contribution in [3.63, 3.8) is 0 Å². The van der Waals surface area contributed by atoms with Crippen LogP contribution in [0.4, 0.5) is 0 Å². The predicted molar refractivity (Wildman–Crippen MR) is 67.9 cm³/mol. The number of ether oxygens (including phenoxy) is 1. The summed E-state index contributed by atoms with van der Waals surface area (Å²) in [6.07, 6.45) is 1.79. The predicted octanol–water partition coefficient (Wildman–Crippen LogP) is 2.22. The summed E-state index contributed by atoms with van der Waals surface area (Å²) in [6, 6.07) is 3.50. The summed E-state index contributed by atoms with van der Waals surface area (Å²) >= 11 is 0. The van der Waals surface area contributed by atoms with Gasteiger partial charge in [-0.05, 0) is 19.1 Å². The summed E-state index contributed by atoms with van der Waals surface area (Å²) in [7, 11) is 0. The first kappa shape index (κ1) is 13.3. The molecule has 2 aromatic heterocycles. The van der Waals surface area contributed by atoms with E-state index in [0.717, 1.165) is 0 Å². The van der Waals surface area contributed by atoms with Crippen LogP contribution < -0.4 is 0 Å². The van der Waals surface area contributed by atoms with Gasteiger partial charge < -0.3 is 13.8 Å². The third kappa shape index (κ3) is 3.01. The molecule has 0 spiro atoms. The Bertz CT molecular complexity index is 557. The van der Waals surface area contributed by atoms with Crippen LogP contribution in [0.5, 0.6) is 0 Å².